The fraction of sp³-hybridized carbons (Fsp3) is 0.214. The van der Waals surface area contributed by atoms with Gasteiger partial charge in [-0.15, -0.1) is 0 Å². The monoisotopic (exact) mass is 680 g/mol. The number of carbonyl (C=O) groups excluding carboxylic acids is 2. The average molecular weight is 681 g/mol. The third-order valence-electron chi connectivity index (χ3n) is 5.44. The van der Waals surface area contributed by atoms with Gasteiger partial charge in [-0.3, -0.25) is 8.57 Å². The van der Waals surface area contributed by atoms with Crippen molar-refractivity contribution in [2.75, 3.05) is 14.2 Å². The Morgan fingerprint density at radius 2 is 0.955 bits per heavy atom. The van der Waals surface area contributed by atoms with Crippen LogP contribution in [0.3, 0.4) is 0 Å². The van der Waals surface area contributed by atoms with Crippen molar-refractivity contribution in [1.82, 2.24) is 0 Å². The SMILES string of the molecule is COC(=O)/C(=N\OS(=O)(=O)Cc1ccccc1CS(=O)(=O)O/N=C(/Sc1ccc(C)cc1)C(=O)OC)Sc1ccc(C)cc1. The first-order chi connectivity index (χ1) is 20.8. The lowest BCUT2D eigenvalue weighted by atomic mass is 10.1. The van der Waals surface area contributed by atoms with Crippen LogP contribution >= 0.6 is 23.5 Å². The molecule has 0 aliphatic rings. The molecule has 3 aromatic rings. The van der Waals surface area contributed by atoms with Crippen molar-refractivity contribution in [3.8, 4) is 0 Å². The van der Waals surface area contributed by atoms with Gasteiger partial charge in [-0.2, -0.15) is 16.8 Å². The summed E-state index contributed by atoms with van der Waals surface area (Å²) in [5.41, 5.74) is 2.08. The molecule has 0 heterocycles. The van der Waals surface area contributed by atoms with Crippen molar-refractivity contribution < 1.29 is 44.5 Å². The summed E-state index contributed by atoms with van der Waals surface area (Å²) < 4.78 is 70.1. The molecule has 0 atom stereocenters. The van der Waals surface area contributed by atoms with E-state index in [9.17, 15) is 26.4 Å². The summed E-state index contributed by atoms with van der Waals surface area (Å²) in [6.45, 7) is 3.76. The summed E-state index contributed by atoms with van der Waals surface area (Å²) >= 11 is 1.69. The van der Waals surface area contributed by atoms with Crippen molar-refractivity contribution in [2.24, 2.45) is 10.3 Å². The molecule has 16 heteroatoms. The normalized spacial score (nSPS) is 12.4. The quantitative estimate of drug-likeness (QED) is 0.0966. The number of esters is 2. The van der Waals surface area contributed by atoms with Gasteiger partial charge in [0, 0.05) is 9.79 Å². The van der Waals surface area contributed by atoms with Crippen molar-refractivity contribution in [3.05, 3.63) is 95.1 Å². The fourth-order valence-electron chi connectivity index (χ4n) is 3.26. The van der Waals surface area contributed by atoms with E-state index < -0.39 is 43.7 Å². The van der Waals surface area contributed by atoms with Crippen molar-refractivity contribution >= 4 is 65.8 Å². The van der Waals surface area contributed by atoms with Crippen molar-refractivity contribution in [1.29, 1.82) is 0 Å². The fourth-order valence-corrected chi connectivity index (χ4v) is 6.63. The molecule has 0 N–H and O–H groups in total. The largest absolute Gasteiger partial charge is 0.464 e. The topological polar surface area (TPSA) is 164 Å². The van der Waals surface area contributed by atoms with Gasteiger partial charge >= 0.3 is 32.2 Å². The molecule has 0 amide bonds. The molecule has 0 saturated carbocycles. The van der Waals surface area contributed by atoms with Crippen molar-refractivity contribution in [2.45, 2.75) is 35.1 Å². The van der Waals surface area contributed by atoms with E-state index >= 15 is 0 Å². The Labute approximate surface area is 264 Å². The Morgan fingerprint density at radius 1 is 0.614 bits per heavy atom. The van der Waals surface area contributed by atoms with Gasteiger partial charge in [0.15, 0.2) is 0 Å². The number of aryl methyl sites for hydroxylation is 2. The van der Waals surface area contributed by atoms with E-state index in [4.69, 9.17) is 8.57 Å². The van der Waals surface area contributed by atoms with Crippen LogP contribution in [0.2, 0.25) is 0 Å². The minimum atomic E-state index is -4.46. The summed E-state index contributed by atoms with van der Waals surface area (Å²) in [5.74, 6) is -3.40. The van der Waals surface area contributed by atoms with E-state index in [0.717, 1.165) is 48.9 Å². The smallest absolute Gasteiger partial charge is 0.367 e. The summed E-state index contributed by atoms with van der Waals surface area (Å²) in [4.78, 5) is 25.6. The molecule has 12 nitrogen and oxygen atoms in total. The van der Waals surface area contributed by atoms with Crippen LogP contribution in [0.4, 0.5) is 0 Å². The van der Waals surface area contributed by atoms with Gasteiger partial charge in [0.1, 0.15) is 11.5 Å². The number of carbonyl (C=O) groups is 2. The first kappa shape index (κ1) is 34.6. The first-order valence-corrected chi connectivity index (χ1v) is 17.3. The molecule has 0 spiro atoms. The summed E-state index contributed by atoms with van der Waals surface area (Å²) in [6, 6.07) is 19.8. The van der Waals surface area contributed by atoms with Crippen LogP contribution in [0, 0.1) is 13.8 Å². The second-order valence-electron chi connectivity index (χ2n) is 8.93. The number of benzene rings is 3. The van der Waals surface area contributed by atoms with E-state index in [1.165, 1.54) is 24.3 Å². The second kappa shape index (κ2) is 15.7. The predicted octanol–water partition coefficient (Wildman–Crippen LogP) is 4.55. The third-order valence-corrected chi connectivity index (χ3v) is 9.26. The summed E-state index contributed by atoms with van der Waals surface area (Å²) in [6.07, 6.45) is 0. The summed E-state index contributed by atoms with van der Waals surface area (Å²) in [7, 11) is -6.70. The second-order valence-corrected chi connectivity index (χ2v) is 14.2. The van der Waals surface area contributed by atoms with Gasteiger partial charge < -0.3 is 9.47 Å². The van der Waals surface area contributed by atoms with Crippen LogP contribution in [-0.4, -0.2) is 53.1 Å². The predicted molar refractivity (Wildman–Crippen MR) is 167 cm³/mol. The van der Waals surface area contributed by atoms with Gasteiger partial charge in [-0.1, -0.05) is 93.5 Å². The van der Waals surface area contributed by atoms with Gasteiger partial charge in [0.05, 0.1) is 14.2 Å². The van der Waals surface area contributed by atoms with Crippen LogP contribution < -0.4 is 0 Å². The maximum Gasteiger partial charge on any atom is 0.367 e. The number of methoxy groups -OCH3 is 2. The lowest BCUT2D eigenvalue weighted by Gasteiger charge is -2.10. The molecular formula is C28H28N2O10S4. The number of nitrogens with zero attached hydrogens (tertiary/aromatic N) is 2. The maximum atomic E-state index is 12.8. The highest BCUT2D eigenvalue weighted by Gasteiger charge is 2.24. The Hall–Kier alpha value is -3.86. The molecule has 3 rings (SSSR count). The molecule has 0 aliphatic carbocycles. The number of hydrogen-bond acceptors (Lipinski definition) is 14. The number of ether oxygens (including phenoxy) is 2. The highest BCUT2D eigenvalue weighted by molar-refractivity contribution is 8.16. The molecule has 3 aromatic carbocycles. The summed E-state index contributed by atoms with van der Waals surface area (Å²) in [5, 5.41) is 6.28. The average Bonchev–Trinajstić information content (AvgIpc) is 2.99. The van der Waals surface area contributed by atoms with Crippen molar-refractivity contribution in [3.63, 3.8) is 0 Å². The molecule has 44 heavy (non-hydrogen) atoms. The standard InChI is InChI=1S/C28H28N2O10S4/c1-19-9-13-23(14-10-19)41-25(27(31)37-3)29-39-43(33,34)17-21-7-5-6-8-22(21)18-44(35,36)40-30-26(28(32)38-4)42-24-15-11-20(2)12-16-24/h5-16H,17-18H2,1-4H3/b29-25+,30-26+. The molecule has 0 aliphatic heterocycles. The van der Waals surface area contributed by atoms with Gasteiger partial charge in [-0.25, -0.2) is 9.59 Å². The number of rotatable bonds is 10. The Balaban J connectivity index is 1.76. The van der Waals surface area contributed by atoms with E-state index in [1.807, 2.05) is 13.8 Å². The molecular weight excluding hydrogens is 653 g/mol. The lowest BCUT2D eigenvalue weighted by molar-refractivity contribution is -0.133. The Kier molecular flexibility index (Phi) is 12.4. The first-order valence-electron chi connectivity index (χ1n) is 12.5. The van der Waals surface area contributed by atoms with E-state index in [2.05, 4.69) is 19.8 Å². The van der Waals surface area contributed by atoms with Crippen LogP contribution in [-0.2, 0) is 59.4 Å². The van der Waals surface area contributed by atoms with Crippen LogP contribution in [0.5, 0.6) is 0 Å². The van der Waals surface area contributed by atoms with Gasteiger partial charge in [-0.05, 0) is 49.2 Å². The zero-order valence-corrected chi connectivity index (χ0v) is 27.2. The zero-order valence-electron chi connectivity index (χ0n) is 24.0. The molecule has 0 bridgehead atoms. The maximum absolute atomic E-state index is 12.8. The van der Waals surface area contributed by atoms with E-state index in [1.54, 1.807) is 48.5 Å². The van der Waals surface area contributed by atoms with Crippen LogP contribution in [0.15, 0.2) is 92.9 Å². The lowest BCUT2D eigenvalue weighted by Crippen LogP contribution is -2.16. The van der Waals surface area contributed by atoms with Gasteiger partial charge in [0.2, 0.25) is 10.1 Å². The highest BCUT2D eigenvalue weighted by Crippen LogP contribution is 2.24. The number of hydrogen-bond donors (Lipinski definition) is 0. The molecule has 0 radical (unpaired) electrons. The highest BCUT2D eigenvalue weighted by atomic mass is 32.2. The molecule has 0 fully saturated rings. The molecule has 0 saturated heterocycles. The number of thioether (sulfide) groups is 2. The minimum Gasteiger partial charge on any atom is -0.464 e. The Bertz CT molecular complexity index is 1620. The third kappa shape index (κ3) is 11.0. The number of oxime groups is 2. The zero-order chi connectivity index (χ0) is 32.3. The van der Waals surface area contributed by atoms with Crippen LogP contribution in [0.25, 0.3) is 0 Å². The van der Waals surface area contributed by atoms with Crippen LogP contribution in [0.1, 0.15) is 22.3 Å². The Morgan fingerprint density at radius 3 is 1.27 bits per heavy atom. The molecule has 0 aromatic heterocycles. The van der Waals surface area contributed by atoms with E-state index in [-0.39, 0.29) is 21.2 Å². The minimum absolute atomic E-state index is 0.0619. The molecule has 0 unspecified atom stereocenters. The van der Waals surface area contributed by atoms with Gasteiger partial charge in [0.25, 0.3) is 0 Å². The molecule has 234 valence electrons. The van der Waals surface area contributed by atoms with E-state index in [0.29, 0.717) is 9.79 Å².